The van der Waals surface area contributed by atoms with Crippen molar-refractivity contribution in [3.05, 3.63) is 35.4 Å². The zero-order valence-corrected chi connectivity index (χ0v) is 10.6. The zero-order chi connectivity index (χ0) is 13.0. The molecule has 0 atom stereocenters. The van der Waals surface area contributed by atoms with Gasteiger partial charge in [-0.05, 0) is 57.1 Å². The van der Waals surface area contributed by atoms with Crippen molar-refractivity contribution in [1.29, 1.82) is 0 Å². The fourth-order valence-electron chi connectivity index (χ4n) is 2.17. The van der Waals surface area contributed by atoms with Crippen LogP contribution in [0.5, 0.6) is 0 Å². The van der Waals surface area contributed by atoms with E-state index in [0.29, 0.717) is 5.56 Å². The number of terminal acetylenes is 1. The predicted octanol–water partition coefficient (Wildman–Crippen LogP) is 1.54. The SMILES string of the molecule is C#Cc1ccc(C(=O)NC2(C)CCNCC2)cc1. The molecule has 18 heavy (non-hydrogen) atoms. The van der Waals surface area contributed by atoms with Crippen LogP contribution in [0.25, 0.3) is 0 Å². The van der Waals surface area contributed by atoms with E-state index in [1.807, 2.05) is 0 Å². The summed E-state index contributed by atoms with van der Waals surface area (Å²) in [5, 5.41) is 6.41. The molecular formula is C15H18N2O. The summed E-state index contributed by atoms with van der Waals surface area (Å²) in [5.41, 5.74) is 1.35. The van der Waals surface area contributed by atoms with Crippen molar-refractivity contribution in [3.63, 3.8) is 0 Å². The van der Waals surface area contributed by atoms with Crippen LogP contribution >= 0.6 is 0 Å². The molecule has 1 saturated heterocycles. The summed E-state index contributed by atoms with van der Waals surface area (Å²) in [4.78, 5) is 12.1. The summed E-state index contributed by atoms with van der Waals surface area (Å²) in [6.07, 6.45) is 7.21. The van der Waals surface area contributed by atoms with Crippen LogP contribution in [0.2, 0.25) is 0 Å². The number of hydrogen-bond acceptors (Lipinski definition) is 2. The van der Waals surface area contributed by atoms with Crippen LogP contribution in [-0.4, -0.2) is 24.5 Å². The number of carbonyl (C=O) groups excluding carboxylic acids is 1. The van der Waals surface area contributed by atoms with Gasteiger partial charge >= 0.3 is 0 Å². The van der Waals surface area contributed by atoms with E-state index in [0.717, 1.165) is 31.5 Å². The lowest BCUT2D eigenvalue weighted by Gasteiger charge is -2.35. The zero-order valence-electron chi connectivity index (χ0n) is 10.6. The first-order valence-corrected chi connectivity index (χ1v) is 6.23. The van der Waals surface area contributed by atoms with Crippen LogP contribution in [0.4, 0.5) is 0 Å². The molecule has 0 saturated carbocycles. The second-order valence-electron chi connectivity index (χ2n) is 4.99. The lowest BCUT2D eigenvalue weighted by atomic mass is 9.90. The van der Waals surface area contributed by atoms with Crippen molar-refractivity contribution >= 4 is 5.91 Å². The third-order valence-electron chi connectivity index (χ3n) is 3.44. The van der Waals surface area contributed by atoms with Gasteiger partial charge in [-0.2, -0.15) is 0 Å². The summed E-state index contributed by atoms with van der Waals surface area (Å²) < 4.78 is 0. The maximum absolute atomic E-state index is 12.1. The van der Waals surface area contributed by atoms with Crippen molar-refractivity contribution in [2.75, 3.05) is 13.1 Å². The number of amides is 1. The summed E-state index contributed by atoms with van der Waals surface area (Å²) in [6, 6.07) is 7.13. The number of hydrogen-bond donors (Lipinski definition) is 2. The Bertz CT molecular complexity index is 464. The number of piperidine rings is 1. The molecule has 3 heteroatoms. The normalized spacial score (nSPS) is 17.8. The molecule has 1 aliphatic heterocycles. The van der Waals surface area contributed by atoms with E-state index in [1.165, 1.54) is 0 Å². The Morgan fingerprint density at radius 1 is 1.33 bits per heavy atom. The Morgan fingerprint density at radius 3 is 2.50 bits per heavy atom. The van der Waals surface area contributed by atoms with E-state index in [-0.39, 0.29) is 11.4 Å². The van der Waals surface area contributed by atoms with E-state index < -0.39 is 0 Å². The molecule has 1 fully saturated rings. The standard InChI is InChI=1S/C15H18N2O/c1-3-12-4-6-13(7-5-12)14(18)17-15(2)8-10-16-11-9-15/h1,4-7,16H,8-11H2,2H3,(H,17,18). The van der Waals surface area contributed by atoms with Gasteiger partial charge in [0.25, 0.3) is 5.91 Å². The molecule has 1 heterocycles. The van der Waals surface area contributed by atoms with Gasteiger partial charge in [0.2, 0.25) is 0 Å². The van der Waals surface area contributed by atoms with Crippen molar-refractivity contribution in [3.8, 4) is 12.3 Å². The van der Waals surface area contributed by atoms with E-state index >= 15 is 0 Å². The average Bonchev–Trinajstić information content (AvgIpc) is 2.39. The molecule has 94 valence electrons. The Morgan fingerprint density at radius 2 is 1.94 bits per heavy atom. The number of rotatable bonds is 2. The molecule has 0 aliphatic carbocycles. The summed E-state index contributed by atoms with van der Waals surface area (Å²) in [6.45, 7) is 4.00. The second-order valence-corrected chi connectivity index (χ2v) is 4.99. The van der Waals surface area contributed by atoms with Gasteiger partial charge in [-0.15, -0.1) is 6.42 Å². The molecule has 2 N–H and O–H groups in total. The van der Waals surface area contributed by atoms with E-state index in [4.69, 9.17) is 6.42 Å². The fourth-order valence-corrected chi connectivity index (χ4v) is 2.17. The first-order chi connectivity index (χ1) is 8.63. The molecule has 1 aromatic carbocycles. The third-order valence-corrected chi connectivity index (χ3v) is 3.44. The largest absolute Gasteiger partial charge is 0.347 e. The van der Waals surface area contributed by atoms with Crippen molar-refractivity contribution in [1.82, 2.24) is 10.6 Å². The highest BCUT2D eigenvalue weighted by Crippen LogP contribution is 2.18. The van der Waals surface area contributed by atoms with Gasteiger partial charge < -0.3 is 10.6 Å². The number of carbonyl (C=O) groups is 1. The van der Waals surface area contributed by atoms with Crippen LogP contribution in [0.1, 0.15) is 35.7 Å². The number of benzene rings is 1. The summed E-state index contributed by atoms with van der Waals surface area (Å²) in [5.74, 6) is 2.52. The first kappa shape index (κ1) is 12.7. The second kappa shape index (κ2) is 5.24. The van der Waals surface area contributed by atoms with E-state index in [1.54, 1.807) is 24.3 Å². The molecule has 0 bridgehead atoms. The van der Waals surface area contributed by atoms with Gasteiger partial charge in [-0.1, -0.05) is 5.92 Å². The van der Waals surface area contributed by atoms with Gasteiger partial charge in [0.1, 0.15) is 0 Å². The Hall–Kier alpha value is -1.79. The van der Waals surface area contributed by atoms with Crippen LogP contribution in [0.3, 0.4) is 0 Å². The molecule has 0 aromatic heterocycles. The van der Waals surface area contributed by atoms with Gasteiger partial charge in [0.15, 0.2) is 0 Å². The van der Waals surface area contributed by atoms with Gasteiger partial charge in [-0.3, -0.25) is 4.79 Å². The first-order valence-electron chi connectivity index (χ1n) is 6.23. The van der Waals surface area contributed by atoms with Crippen LogP contribution in [0, 0.1) is 12.3 Å². The minimum absolute atomic E-state index is 0.0250. The number of nitrogens with one attached hydrogen (secondary N) is 2. The summed E-state index contributed by atoms with van der Waals surface area (Å²) in [7, 11) is 0. The minimum atomic E-state index is -0.104. The van der Waals surface area contributed by atoms with Crippen LogP contribution < -0.4 is 10.6 Å². The third kappa shape index (κ3) is 2.91. The smallest absolute Gasteiger partial charge is 0.251 e. The monoisotopic (exact) mass is 242 g/mol. The highest BCUT2D eigenvalue weighted by molar-refractivity contribution is 5.94. The average molecular weight is 242 g/mol. The summed E-state index contributed by atoms with van der Waals surface area (Å²) >= 11 is 0. The molecule has 0 unspecified atom stereocenters. The fraction of sp³-hybridized carbons (Fsp3) is 0.400. The van der Waals surface area contributed by atoms with Crippen molar-refractivity contribution in [2.24, 2.45) is 0 Å². The van der Waals surface area contributed by atoms with E-state index in [9.17, 15) is 4.79 Å². The Kier molecular flexibility index (Phi) is 3.69. The maximum Gasteiger partial charge on any atom is 0.251 e. The topological polar surface area (TPSA) is 41.1 Å². The Labute approximate surface area is 108 Å². The van der Waals surface area contributed by atoms with Crippen molar-refractivity contribution in [2.45, 2.75) is 25.3 Å². The quantitative estimate of drug-likeness (QED) is 0.772. The molecule has 1 aromatic rings. The van der Waals surface area contributed by atoms with Crippen LogP contribution in [0.15, 0.2) is 24.3 Å². The highest BCUT2D eigenvalue weighted by Gasteiger charge is 2.28. The van der Waals surface area contributed by atoms with Gasteiger partial charge in [0, 0.05) is 16.7 Å². The molecule has 2 rings (SSSR count). The lowest BCUT2D eigenvalue weighted by Crippen LogP contribution is -2.52. The molecule has 3 nitrogen and oxygen atoms in total. The van der Waals surface area contributed by atoms with E-state index in [2.05, 4.69) is 23.5 Å². The maximum atomic E-state index is 12.1. The molecule has 1 aliphatic rings. The minimum Gasteiger partial charge on any atom is -0.347 e. The van der Waals surface area contributed by atoms with Gasteiger partial charge in [-0.25, -0.2) is 0 Å². The van der Waals surface area contributed by atoms with Gasteiger partial charge in [0.05, 0.1) is 0 Å². The molecule has 0 spiro atoms. The highest BCUT2D eigenvalue weighted by atomic mass is 16.1. The predicted molar refractivity (Wildman–Crippen MR) is 72.4 cm³/mol. The molecule has 0 radical (unpaired) electrons. The lowest BCUT2D eigenvalue weighted by molar-refractivity contribution is 0.0887. The van der Waals surface area contributed by atoms with Crippen molar-refractivity contribution < 1.29 is 4.79 Å². The van der Waals surface area contributed by atoms with Crippen LogP contribution in [-0.2, 0) is 0 Å². The molecule has 1 amide bonds. The Balaban J connectivity index is 2.04. The molecular weight excluding hydrogens is 224 g/mol.